The molecule has 1 aromatic carbocycles. The molecule has 1 atom stereocenters. The van der Waals surface area contributed by atoms with E-state index in [9.17, 15) is 14.7 Å². The number of hydrogen-bond acceptors (Lipinski definition) is 3. The third-order valence-electron chi connectivity index (χ3n) is 2.78. The molecule has 2 amide bonds. The predicted octanol–water partition coefficient (Wildman–Crippen LogP) is 2.21. The molecule has 1 rings (SSSR count). The molecule has 0 spiro atoms. The van der Waals surface area contributed by atoms with Crippen molar-refractivity contribution in [1.29, 1.82) is 0 Å². The summed E-state index contributed by atoms with van der Waals surface area (Å²) in [4.78, 5) is 23.2. The van der Waals surface area contributed by atoms with Crippen molar-refractivity contribution in [2.45, 2.75) is 25.9 Å². The summed E-state index contributed by atoms with van der Waals surface area (Å²) in [5.74, 6) is -1.67. The Morgan fingerprint density at radius 1 is 1.25 bits per heavy atom. The molecule has 3 N–H and O–H groups in total. The van der Waals surface area contributed by atoms with E-state index in [-0.39, 0.29) is 11.6 Å². The summed E-state index contributed by atoms with van der Waals surface area (Å²) in [6.07, 6.45) is 0.460. The molecule has 0 saturated heterocycles. The first-order chi connectivity index (χ1) is 9.25. The van der Waals surface area contributed by atoms with E-state index in [0.29, 0.717) is 17.1 Å². The van der Waals surface area contributed by atoms with Crippen molar-refractivity contribution >= 4 is 40.7 Å². The van der Waals surface area contributed by atoms with Crippen LogP contribution in [0, 0.1) is 0 Å². The molecule has 0 aliphatic carbocycles. The number of nitrogens with one attached hydrogen (secondary N) is 2. The molecule has 0 heterocycles. The second kappa shape index (κ2) is 6.92. The highest BCUT2D eigenvalue weighted by molar-refractivity contribution is 6.42. The van der Waals surface area contributed by atoms with Crippen molar-refractivity contribution in [3.63, 3.8) is 0 Å². The summed E-state index contributed by atoms with van der Waals surface area (Å²) >= 11 is 11.5. The van der Waals surface area contributed by atoms with Gasteiger partial charge in [0.05, 0.1) is 15.6 Å². The molecule has 0 bridgehead atoms. The number of halogens is 2. The molecule has 7 heteroatoms. The fraction of sp³-hybridized carbons (Fsp3) is 0.385. The SMILES string of the molecule is CC[C@](C)(O)CNC(=O)C(=O)Nc1ccc(Cl)c(Cl)c1. The largest absolute Gasteiger partial charge is 0.388 e. The Kier molecular flexibility index (Phi) is 5.80. The average molecular weight is 319 g/mol. The lowest BCUT2D eigenvalue weighted by molar-refractivity contribution is -0.136. The number of hydrogen-bond donors (Lipinski definition) is 3. The summed E-state index contributed by atoms with van der Waals surface area (Å²) in [7, 11) is 0. The maximum Gasteiger partial charge on any atom is 0.313 e. The van der Waals surface area contributed by atoms with Gasteiger partial charge in [-0.3, -0.25) is 9.59 Å². The summed E-state index contributed by atoms with van der Waals surface area (Å²) in [6.45, 7) is 3.35. The highest BCUT2D eigenvalue weighted by Crippen LogP contribution is 2.24. The summed E-state index contributed by atoms with van der Waals surface area (Å²) in [5, 5.41) is 15.1. The van der Waals surface area contributed by atoms with Gasteiger partial charge in [0, 0.05) is 12.2 Å². The molecule has 110 valence electrons. The van der Waals surface area contributed by atoms with E-state index >= 15 is 0 Å². The zero-order chi connectivity index (χ0) is 15.3. The van der Waals surface area contributed by atoms with Crippen LogP contribution in [-0.4, -0.2) is 29.1 Å². The summed E-state index contributed by atoms with van der Waals surface area (Å²) in [6, 6.07) is 4.48. The second-order valence-corrected chi connectivity index (χ2v) is 5.43. The minimum atomic E-state index is -1.04. The van der Waals surface area contributed by atoms with Gasteiger partial charge in [-0.15, -0.1) is 0 Å². The van der Waals surface area contributed by atoms with Crippen LogP contribution in [0.4, 0.5) is 5.69 Å². The van der Waals surface area contributed by atoms with E-state index in [2.05, 4.69) is 10.6 Å². The molecule has 1 aromatic rings. The van der Waals surface area contributed by atoms with Gasteiger partial charge < -0.3 is 15.7 Å². The van der Waals surface area contributed by atoms with Gasteiger partial charge in [0.1, 0.15) is 0 Å². The number of rotatable bonds is 4. The molecule has 0 unspecified atom stereocenters. The lowest BCUT2D eigenvalue weighted by Gasteiger charge is -2.21. The van der Waals surface area contributed by atoms with Gasteiger partial charge in [-0.1, -0.05) is 30.1 Å². The van der Waals surface area contributed by atoms with Crippen molar-refractivity contribution in [2.75, 3.05) is 11.9 Å². The Hall–Kier alpha value is -1.30. The Bertz CT molecular complexity index is 518. The standard InChI is InChI=1S/C13H16Cl2N2O3/c1-3-13(2,20)7-16-11(18)12(19)17-8-4-5-9(14)10(15)6-8/h4-6,20H,3,7H2,1-2H3,(H,16,18)(H,17,19)/t13-/m0/s1. The third-order valence-corrected chi connectivity index (χ3v) is 3.51. The molecule has 5 nitrogen and oxygen atoms in total. The normalized spacial score (nSPS) is 13.4. The maximum atomic E-state index is 11.6. The Morgan fingerprint density at radius 3 is 2.45 bits per heavy atom. The van der Waals surface area contributed by atoms with E-state index in [0.717, 1.165) is 0 Å². The Morgan fingerprint density at radius 2 is 1.90 bits per heavy atom. The van der Waals surface area contributed by atoms with Gasteiger partial charge in [0.25, 0.3) is 0 Å². The lowest BCUT2D eigenvalue weighted by atomic mass is 10.0. The quantitative estimate of drug-likeness (QED) is 0.745. The topological polar surface area (TPSA) is 78.4 Å². The number of benzene rings is 1. The number of anilines is 1. The maximum absolute atomic E-state index is 11.6. The van der Waals surface area contributed by atoms with Crippen LogP contribution in [0.3, 0.4) is 0 Å². The van der Waals surface area contributed by atoms with Crippen molar-refractivity contribution < 1.29 is 14.7 Å². The van der Waals surface area contributed by atoms with E-state index in [1.54, 1.807) is 13.8 Å². The summed E-state index contributed by atoms with van der Waals surface area (Å²) < 4.78 is 0. The first-order valence-electron chi connectivity index (χ1n) is 6.02. The van der Waals surface area contributed by atoms with E-state index in [1.807, 2.05) is 0 Å². The highest BCUT2D eigenvalue weighted by atomic mass is 35.5. The van der Waals surface area contributed by atoms with E-state index in [4.69, 9.17) is 23.2 Å². The molecule has 0 aliphatic rings. The molecule has 0 saturated carbocycles. The number of carbonyl (C=O) groups excluding carboxylic acids is 2. The van der Waals surface area contributed by atoms with Gasteiger partial charge in [0.15, 0.2) is 0 Å². The average Bonchev–Trinajstić information content (AvgIpc) is 2.40. The third kappa shape index (κ3) is 5.00. The highest BCUT2D eigenvalue weighted by Gasteiger charge is 2.21. The summed E-state index contributed by atoms with van der Waals surface area (Å²) in [5.41, 5.74) is -0.679. The first kappa shape index (κ1) is 16.8. The zero-order valence-corrected chi connectivity index (χ0v) is 12.7. The molecule has 0 aliphatic heterocycles. The van der Waals surface area contributed by atoms with Crippen molar-refractivity contribution in [2.24, 2.45) is 0 Å². The Labute approximate surface area is 127 Å². The van der Waals surface area contributed by atoms with E-state index < -0.39 is 17.4 Å². The molecular formula is C13H16Cl2N2O3. The van der Waals surface area contributed by atoms with Gasteiger partial charge >= 0.3 is 11.8 Å². The van der Waals surface area contributed by atoms with Crippen LogP contribution in [0.25, 0.3) is 0 Å². The molecule has 0 radical (unpaired) electrons. The van der Waals surface area contributed by atoms with Gasteiger partial charge in [-0.25, -0.2) is 0 Å². The van der Waals surface area contributed by atoms with Crippen LogP contribution in [0.5, 0.6) is 0 Å². The van der Waals surface area contributed by atoms with Gasteiger partial charge in [0.2, 0.25) is 0 Å². The fourth-order valence-electron chi connectivity index (χ4n) is 1.24. The van der Waals surface area contributed by atoms with Crippen molar-refractivity contribution in [1.82, 2.24) is 5.32 Å². The van der Waals surface area contributed by atoms with Gasteiger partial charge in [-0.2, -0.15) is 0 Å². The zero-order valence-electron chi connectivity index (χ0n) is 11.2. The number of aliphatic hydroxyl groups is 1. The molecule has 0 aromatic heterocycles. The fourth-order valence-corrected chi connectivity index (χ4v) is 1.54. The molecular weight excluding hydrogens is 303 g/mol. The Balaban J connectivity index is 2.58. The van der Waals surface area contributed by atoms with Crippen LogP contribution >= 0.6 is 23.2 Å². The van der Waals surface area contributed by atoms with E-state index in [1.165, 1.54) is 18.2 Å². The monoisotopic (exact) mass is 318 g/mol. The minimum absolute atomic E-state index is 0.00285. The number of amides is 2. The van der Waals surface area contributed by atoms with Crippen LogP contribution in [-0.2, 0) is 9.59 Å². The first-order valence-corrected chi connectivity index (χ1v) is 6.77. The molecule has 20 heavy (non-hydrogen) atoms. The second-order valence-electron chi connectivity index (χ2n) is 4.62. The van der Waals surface area contributed by atoms with Crippen molar-refractivity contribution in [3.05, 3.63) is 28.2 Å². The van der Waals surface area contributed by atoms with Crippen molar-refractivity contribution in [3.8, 4) is 0 Å². The lowest BCUT2D eigenvalue weighted by Crippen LogP contribution is -2.44. The van der Waals surface area contributed by atoms with Crippen LogP contribution in [0.2, 0.25) is 10.0 Å². The van der Waals surface area contributed by atoms with Crippen LogP contribution < -0.4 is 10.6 Å². The van der Waals surface area contributed by atoms with Crippen LogP contribution in [0.1, 0.15) is 20.3 Å². The smallest absolute Gasteiger partial charge is 0.313 e. The molecule has 0 fully saturated rings. The minimum Gasteiger partial charge on any atom is -0.388 e. The van der Waals surface area contributed by atoms with Gasteiger partial charge in [-0.05, 0) is 31.5 Å². The van der Waals surface area contributed by atoms with Crippen LogP contribution in [0.15, 0.2) is 18.2 Å². The predicted molar refractivity (Wildman–Crippen MR) is 79.0 cm³/mol. The number of carbonyl (C=O) groups is 2.